The summed E-state index contributed by atoms with van der Waals surface area (Å²) in [5.41, 5.74) is 4.15. The SMILES string of the molecule is Cc1cc(NC(C)c2c(Oc3ccc(Cl)cc3)n[nH]c2C)ccc1NC(=O)C(C)(C)C. The lowest BCUT2D eigenvalue weighted by atomic mass is 9.95. The quantitative estimate of drug-likeness (QED) is 0.402. The van der Waals surface area contributed by atoms with Crippen molar-refractivity contribution in [3.05, 3.63) is 64.3 Å². The van der Waals surface area contributed by atoms with Crippen molar-refractivity contribution in [3.63, 3.8) is 0 Å². The van der Waals surface area contributed by atoms with Crippen molar-refractivity contribution in [2.24, 2.45) is 5.41 Å². The number of benzene rings is 2. The van der Waals surface area contributed by atoms with Gasteiger partial charge in [0.15, 0.2) is 0 Å². The largest absolute Gasteiger partial charge is 0.437 e. The summed E-state index contributed by atoms with van der Waals surface area (Å²) < 4.78 is 5.97. The molecule has 1 amide bonds. The Labute approximate surface area is 188 Å². The van der Waals surface area contributed by atoms with E-state index in [-0.39, 0.29) is 11.9 Å². The average Bonchev–Trinajstić information content (AvgIpc) is 3.05. The topological polar surface area (TPSA) is 79.0 Å². The van der Waals surface area contributed by atoms with Crippen molar-refractivity contribution in [2.45, 2.75) is 47.6 Å². The van der Waals surface area contributed by atoms with Gasteiger partial charge in [-0.2, -0.15) is 0 Å². The molecule has 7 heteroatoms. The van der Waals surface area contributed by atoms with Crippen LogP contribution in [0.25, 0.3) is 0 Å². The summed E-state index contributed by atoms with van der Waals surface area (Å²) >= 11 is 5.95. The first-order chi connectivity index (χ1) is 14.5. The fourth-order valence-corrected chi connectivity index (χ4v) is 3.27. The molecule has 0 fully saturated rings. The highest BCUT2D eigenvalue weighted by atomic mass is 35.5. The second-order valence-corrected chi connectivity index (χ2v) is 9.16. The zero-order chi connectivity index (χ0) is 22.8. The van der Waals surface area contributed by atoms with Crippen LogP contribution in [0.5, 0.6) is 11.6 Å². The number of ether oxygens (including phenoxy) is 1. The highest BCUT2D eigenvalue weighted by Gasteiger charge is 2.22. The van der Waals surface area contributed by atoms with Gasteiger partial charge in [-0.25, -0.2) is 0 Å². The average molecular weight is 441 g/mol. The molecule has 3 N–H and O–H groups in total. The Morgan fingerprint density at radius 3 is 2.42 bits per heavy atom. The molecule has 1 heterocycles. The Bertz CT molecular complexity index is 1070. The van der Waals surface area contributed by atoms with Crippen molar-refractivity contribution >= 4 is 28.9 Å². The number of H-pyrrole nitrogens is 1. The minimum Gasteiger partial charge on any atom is -0.437 e. The number of rotatable bonds is 6. The van der Waals surface area contributed by atoms with Gasteiger partial charge in [0.2, 0.25) is 11.8 Å². The zero-order valence-corrected chi connectivity index (χ0v) is 19.5. The fraction of sp³-hybridized carbons (Fsp3) is 0.333. The second-order valence-electron chi connectivity index (χ2n) is 8.72. The molecule has 0 aliphatic carbocycles. The first-order valence-corrected chi connectivity index (χ1v) is 10.6. The van der Waals surface area contributed by atoms with E-state index in [9.17, 15) is 4.79 Å². The van der Waals surface area contributed by atoms with Crippen LogP contribution in [0.15, 0.2) is 42.5 Å². The molecule has 1 atom stereocenters. The van der Waals surface area contributed by atoms with Crippen LogP contribution < -0.4 is 15.4 Å². The van der Waals surface area contributed by atoms with Crippen LogP contribution in [0, 0.1) is 19.3 Å². The van der Waals surface area contributed by atoms with E-state index in [2.05, 4.69) is 27.8 Å². The number of carbonyl (C=O) groups is 1. The maximum absolute atomic E-state index is 12.3. The Balaban J connectivity index is 1.75. The number of aryl methyl sites for hydroxylation is 2. The molecule has 6 nitrogen and oxygen atoms in total. The van der Waals surface area contributed by atoms with Crippen molar-refractivity contribution < 1.29 is 9.53 Å². The maximum atomic E-state index is 12.3. The van der Waals surface area contributed by atoms with Crippen LogP contribution in [0.1, 0.15) is 50.6 Å². The first-order valence-electron chi connectivity index (χ1n) is 10.2. The standard InChI is InChI=1S/C24H29ClN4O2/c1-14-13-18(9-12-20(14)27-23(30)24(4,5)6)26-15(2)21-16(3)28-29-22(21)31-19-10-7-17(25)8-11-19/h7-13,15,26H,1-6H3,(H,27,30)(H,28,29). The van der Waals surface area contributed by atoms with Gasteiger partial charge in [-0.3, -0.25) is 9.89 Å². The van der Waals surface area contributed by atoms with Crippen LogP contribution >= 0.6 is 11.6 Å². The summed E-state index contributed by atoms with van der Waals surface area (Å²) in [5.74, 6) is 1.17. The molecule has 0 saturated carbocycles. The number of hydrogen-bond acceptors (Lipinski definition) is 4. The van der Waals surface area contributed by atoms with Crippen molar-refractivity contribution in [1.29, 1.82) is 0 Å². The van der Waals surface area contributed by atoms with E-state index in [1.807, 2.05) is 65.0 Å². The normalized spacial score (nSPS) is 12.4. The Morgan fingerprint density at radius 2 is 1.81 bits per heavy atom. The lowest BCUT2D eigenvalue weighted by molar-refractivity contribution is -0.123. The van der Waals surface area contributed by atoms with Crippen LogP contribution in [0.2, 0.25) is 5.02 Å². The lowest BCUT2D eigenvalue weighted by Crippen LogP contribution is -2.27. The van der Waals surface area contributed by atoms with E-state index in [4.69, 9.17) is 16.3 Å². The molecule has 0 bridgehead atoms. The highest BCUT2D eigenvalue weighted by molar-refractivity contribution is 6.30. The Morgan fingerprint density at radius 1 is 1.13 bits per heavy atom. The van der Waals surface area contributed by atoms with Gasteiger partial charge in [0, 0.05) is 27.5 Å². The number of hydrogen-bond donors (Lipinski definition) is 3. The second kappa shape index (κ2) is 9.02. The molecular weight excluding hydrogens is 412 g/mol. The summed E-state index contributed by atoms with van der Waals surface area (Å²) in [6.45, 7) is 11.7. The fourth-order valence-electron chi connectivity index (χ4n) is 3.14. The van der Waals surface area contributed by atoms with E-state index < -0.39 is 5.41 Å². The first kappa shape index (κ1) is 22.7. The van der Waals surface area contributed by atoms with Crippen LogP contribution in [0.3, 0.4) is 0 Å². The molecule has 31 heavy (non-hydrogen) atoms. The molecule has 2 aromatic carbocycles. The Kier molecular flexibility index (Phi) is 6.60. The molecule has 0 aliphatic heterocycles. The van der Waals surface area contributed by atoms with Gasteiger partial charge < -0.3 is 15.4 Å². The van der Waals surface area contributed by atoms with Crippen LogP contribution in [-0.4, -0.2) is 16.1 Å². The van der Waals surface area contributed by atoms with E-state index in [0.717, 1.165) is 28.2 Å². The third kappa shape index (κ3) is 5.58. The van der Waals surface area contributed by atoms with Crippen LogP contribution in [-0.2, 0) is 4.79 Å². The van der Waals surface area contributed by atoms with E-state index >= 15 is 0 Å². The van der Waals surface area contributed by atoms with E-state index in [1.165, 1.54) is 0 Å². The summed E-state index contributed by atoms with van der Waals surface area (Å²) in [4.78, 5) is 12.3. The number of nitrogens with zero attached hydrogens (tertiary/aromatic N) is 1. The summed E-state index contributed by atoms with van der Waals surface area (Å²) in [5, 5.41) is 14.5. The van der Waals surface area contributed by atoms with Gasteiger partial charge >= 0.3 is 0 Å². The number of halogens is 1. The molecule has 0 spiro atoms. The number of anilines is 2. The molecule has 1 aromatic heterocycles. The van der Waals surface area contributed by atoms with E-state index in [0.29, 0.717) is 16.7 Å². The van der Waals surface area contributed by atoms with Gasteiger partial charge in [0.05, 0.1) is 11.6 Å². The van der Waals surface area contributed by atoms with Crippen molar-refractivity contribution in [3.8, 4) is 11.6 Å². The molecule has 3 aromatic rings. The van der Waals surface area contributed by atoms with Gasteiger partial charge in [-0.1, -0.05) is 32.4 Å². The lowest BCUT2D eigenvalue weighted by Gasteiger charge is -2.20. The number of nitrogens with one attached hydrogen (secondary N) is 3. The Hall–Kier alpha value is -2.99. The van der Waals surface area contributed by atoms with Crippen LogP contribution in [0.4, 0.5) is 11.4 Å². The predicted molar refractivity (Wildman–Crippen MR) is 126 cm³/mol. The predicted octanol–water partition coefficient (Wildman–Crippen LogP) is 6.63. The maximum Gasteiger partial charge on any atom is 0.243 e. The summed E-state index contributed by atoms with van der Waals surface area (Å²) in [6, 6.07) is 13.0. The van der Waals surface area contributed by atoms with Crippen molar-refractivity contribution in [1.82, 2.24) is 10.2 Å². The summed E-state index contributed by atoms with van der Waals surface area (Å²) in [7, 11) is 0. The number of amides is 1. The third-order valence-electron chi connectivity index (χ3n) is 4.96. The van der Waals surface area contributed by atoms with Gasteiger partial charge in [-0.15, -0.1) is 5.10 Å². The van der Waals surface area contributed by atoms with Gasteiger partial charge in [0.1, 0.15) is 5.75 Å². The minimum absolute atomic E-state index is 0.0114. The molecule has 0 saturated heterocycles. The number of aromatic nitrogens is 2. The molecule has 0 aliphatic rings. The highest BCUT2D eigenvalue weighted by Crippen LogP contribution is 2.33. The van der Waals surface area contributed by atoms with Gasteiger partial charge in [-0.05, 0) is 68.8 Å². The van der Waals surface area contributed by atoms with E-state index in [1.54, 1.807) is 12.1 Å². The molecular formula is C24H29ClN4O2. The molecule has 0 radical (unpaired) electrons. The number of carbonyl (C=O) groups excluding carboxylic acids is 1. The van der Waals surface area contributed by atoms with Crippen molar-refractivity contribution in [2.75, 3.05) is 10.6 Å². The molecule has 164 valence electrons. The monoisotopic (exact) mass is 440 g/mol. The molecule has 1 unspecified atom stereocenters. The molecule has 3 rings (SSSR count). The van der Waals surface area contributed by atoms with Gasteiger partial charge in [0.25, 0.3) is 0 Å². The zero-order valence-electron chi connectivity index (χ0n) is 18.8. The summed E-state index contributed by atoms with van der Waals surface area (Å²) in [6.07, 6.45) is 0. The minimum atomic E-state index is -0.447. The number of aromatic amines is 1. The third-order valence-corrected chi connectivity index (χ3v) is 5.21. The smallest absolute Gasteiger partial charge is 0.243 e.